The lowest BCUT2D eigenvalue weighted by molar-refractivity contribution is -0.118. The molecule has 0 spiro atoms. The summed E-state index contributed by atoms with van der Waals surface area (Å²) in [5.41, 5.74) is 3.35. The number of nitrogens with one attached hydrogen (secondary N) is 4. The summed E-state index contributed by atoms with van der Waals surface area (Å²) in [6.45, 7) is 5.05. The van der Waals surface area contributed by atoms with E-state index in [-0.39, 0.29) is 5.56 Å². The molecule has 4 rings (SSSR count). The van der Waals surface area contributed by atoms with Gasteiger partial charge >= 0.3 is 0 Å². The van der Waals surface area contributed by atoms with Crippen LogP contribution in [0.25, 0.3) is 0 Å². The number of rotatable bonds is 7. The fourth-order valence-corrected chi connectivity index (χ4v) is 3.69. The number of pyridine rings is 2. The summed E-state index contributed by atoms with van der Waals surface area (Å²) in [6, 6.07) is 13.6. The molecule has 0 bridgehead atoms. The molecule has 3 heterocycles. The van der Waals surface area contributed by atoms with Gasteiger partial charge in [0.15, 0.2) is 5.82 Å². The molecule has 3 aromatic rings. The van der Waals surface area contributed by atoms with Gasteiger partial charge in [0, 0.05) is 52.0 Å². The predicted octanol–water partition coefficient (Wildman–Crippen LogP) is 2.52. The van der Waals surface area contributed by atoms with Crippen molar-refractivity contribution in [2.45, 2.75) is 13.5 Å². The number of hydrogen-bond donors (Lipinski definition) is 4. The second-order valence-electron chi connectivity index (χ2n) is 7.70. The zero-order valence-electron chi connectivity index (χ0n) is 18.5. The highest BCUT2D eigenvalue weighted by Gasteiger charge is 2.24. The first kappa shape index (κ1) is 22.2. The first-order valence-electron chi connectivity index (χ1n) is 10.9. The number of aromatic nitrogens is 2. The first-order valence-corrected chi connectivity index (χ1v) is 10.9. The Labute approximate surface area is 192 Å². The van der Waals surface area contributed by atoms with Crippen molar-refractivity contribution >= 4 is 34.7 Å². The summed E-state index contributed by atoms with van der Waals surface area (Å²) < 4.78 is 0. The van der Waals surface area contributed by atoms with Crippen molar-refractivity contribution in [2.75, 3.05) is 41.7 Å². The molecule has 0 radical (unpaired) electrons. The zero-order valence-corrected chi connectivity index (χ0v) is 18.5. The second-order valence-corrected chi connectivity index (χ2v) is 7.70. The Morgan fingerprint density at radius 1 is 1.03 bits per heavy atom. The molecule has 1 saturated heterocycles. The summed E-state index contributed by atoms with van der Waals surface area (Å²) in [6.07, 6.45) is 4.94. The molecular formula is C24H27N7O2. The van der Waals surface area contributed by atoms with E-state index in [4.69, 9.17) is 0 Å². The van der Waals surface area contributed by atoms with E-state index in [2.05, 4.69) is 36.1 Å². The van der Waals surface area contributed by atoms with Crippen LogP contribution in [0.1, 0.15) is 22.8 Å². The first-order chi connectivity index (χ1) is 16.1. The van der Waals surface area contributed by atoms with E-state index < -0.39 is 11.8 Å². The van der Waals surface area contributed by atoms with Gasteiger partial charge in [-0.15, -0.1) is 0 Å². The third-order valence-electron chi connectivity index (χ3n) is 5.25. The number of benzene rings is 1. The summed E-state index contributed by atoms with van der Waals surface area (Å²) in [7, 11) is 0. The van der Waals surface area contributed by atoms with E-state index in [0.29, 0.717) is 17.9 Å². The van der Waals surface area contributed by atoms with E-state index in [1.165, 1.54) is 13.1 Å². The molecule has 9 nitrogen and oxygen atoms in total. The van der Waals surface area contributed by atoms with Crippen molar-refractivity contribution in [3.63, 3.8) is 0 Å². The molecule has 2 amide bonds. The lowest BCUT2D eigenvalue weighted by Gasteiger charge is -2.31. The van der Waals surface area contributed by atoms with Crippen LogP contribution in [0.4, 0.5) is 22.9 Å². The second kappa shape index (κ2) is 10.6. The van der Waals surface area contributed by atoms with Crippen LogP contribution in [0.15, 0.2) is 61.1 Å². The standard InChI is InChI=1S/C24H27N7O2/c1-17(32)29-24(33)20-16-28-23(31-12-10-25-11-13-31)22(30-19-8-5-9-26-15-19)21(20)27-14-18-6-3-2-4-7-18/h2-9,15-16,25,30H,10-14H2,1H3,(H,27,28)(H,29,32,33). The largest absolute Gasteiger partial charge is 0.378 e. The van der Waals surface area contributed by atoms with Gasteiger partial charge in [-0.2, -0.15) is 0 Å². The Morgan fingerprint density at radius 3 is 2.52 bits per heavy atom. The number of anilines is 4. The maximum absolute atomic E-state index is 12.9. The molecule has 4 N–H and O–H groups in total. The van der Waals surface area contributed by atoms with Crippen LogP contribution in [0.3, 0.4) is 0 Å². The molecule has 0 unspecified atom stereocenters. The van der Waals surface area contributed by atoms with Crippen molar-refractivity contribution in [1.29, 1.82) is 0 Å². The van der Waals surface area contributed by atoms with E-state index in [9.17, 15) is 9.59 Å². The normalized spacial score (nSPS) is 13.3. The van der Waals surface area contributed by atoms with Crippen LogP contribution in [0.2, 0.25) is 0 Å². The number of nitrogens with zero attached hydrogens (tertiary/aromatic N) is 3. The van der Waals surface area contributed by atoms with Gasteiger partial charge in [0.1, 0.15) is 5.69 Å². The van der Waals surface area contributed by atoms with Gasteiger partial charge in [0.25, 0.3) is 5.91 Å². The number of piperazine rings is 1. The third-order valence-corrected chi connectivity index (χ3v) is 5.25. The van der Waals surface area contributed by atoms with Gasteiger partial charge in [-0.1, -0.05) is 30.3 Å². The molecule has 0 aliphatic carbocycles. The van der Waals surface area contributed by atoms with Crippen LogP contribution >= 0.6 is 0 Å². The molecule has 2 aromatic heterocycles. The molecule has 1 aliphatic heterocycles. The summed E-state index contributed by atoms with van der Waals surface area (Å²) in [5.74, 6) is -0.205. The van der Waals surface area contributed by atoms with Crippen molar-refractivity contribution in [2.24, 2.45) is 0 Å². The fourth-order valence-electron chi connectivity index (χ4n) is 3.69. The minimum Gasteiger partial charge on any atom is -0.378 e. The van der Waals surface area contributed by atoms with E-state index >= 15 is 0 Å². The van der Waals surface area contributed by atoms with Gasteiger partial charge in [-0.05, 0) is 17.7 Å². The quantitative estimate of drug-likeness (QED) is 0.439. The number of amides is 2. The van der Waals surface area contributed by atoms with Crippen LogP contribution in [-0.2, 0) is 11.3 Å². The van der Waals surface area contributed by atoms with Gasteiger partial charge in [0.05, 0.1) is 23.1 Å². The molecule has 1 aromatic carbocycles. The summed E-state index contributed by atoms with van der Waals surface area (Å²) in [4.78, 5) is 35.5. The highest BCUT2D eigenvalue weighted by atomic mass is 16.2. The van der Waals surface area contributed by atoms with E-state index in [1.807, 2.05) is 42.5 Å². The van der Waals surface area contributed by atoms with Crippen molar-refractivity contribution in [1.82, 2.24) is 20.6 Å². The molecule has 33 heavy (non-hydrogen) atoms. The molecule has 170 valence electrons. The molecule has 1 fully saturated rings. The highest BCUT2D eigenvalue weighted by Crippen LogP contribution is 2.37. The lowest BCUT2D eigenvalue weighted by Crippen LogP contribution is -2.44. The van der Waals surface area contributed by atoms with Crippen LogP contribution in [0, 0.1) is 0 Å². The summed E-state index contributed by atoms with van der Waals surface area (Å²) in [5, 5.41) is 12.5. The van der Waals surface area contributed by atoms with Crippen LogP contribution in [-0.4, -0.2) is 48.0 Å². The lowest BCUT2D eigenvalue weighted by atomic mass is 10.1. The zero-order chi connectivity index (χ0) is 23.0. The van der Waals surface area contributed by atoms with Crippen LogP contribution in [0.5, 0.6) is 0 Å². The Balaban J connectivity index is 1.80. The average molecular weight is 446 g/mol. The highest BCUT2D eigenvalue weighted by molar-refractivity contribution is 6.10. The minimum atomic E-state index is -0.508. The Hall–Kier alpha value is -3.98. The van der Waals surface area contributed by atoms with Gasteiger partial charge in [-0.25, -0.2) is 4.98 Å². The number of imide groups is 1. The van der Waals surface area contributed by atoms with Crippen molar-refractivity contribution < 1.29 is 9.59 Å². The maximum Gasteiger partial charge on any atom is 0.261 e. The van der Waals surface area contributed by atoms with Crippen LogP contribution < -0.4 is 26.2 Å². The molecule has 0 atom stereocenters. The molecular weight excluding hydrogens is 418 g/mol. The van der Waals surface area contributed by atoms with Gasteiger partial charge in [-0.3, -0.25) is 19.9 Å². The maximum atomic E-state index is 12.9. The van der Waals surface area contributed by atoms with Crippen molar-refractivity contribution in [3.8, 4) is 0 Å². The Bertz CT molecular complexity index is 1100. The molecule has 0 saturated carbocycles. The average Bonchev–Trinajstić information content (AvgIpc) is 2.84. The van der Waals surface area contributed by atoms with Gasteiger partial charge < -0.3 is 20.9 Å². The van der Waals surface area contributed by atoms with Crippen molar-refractivity contribution in [3.05, 3.63) is 72.2 Å². The van der Waals surface area contributed by atoms with E-state index in [0.717, 1.165) is 43.2 Å². The monoisotopic (exact) mass is 445 g/mol. The van der Waals surface area contributed by atoms with E-state index in [1.54, 1.807) is 12.4 Å². The topological polar surface area (TPSA) is 111 Å². The number of hydrogen-bond acceptors (Lipinski definition) is 8. The minimum absolute atomic E-state index is 0.284. The smallest absolute Gasteiger partial charge is 0.261 e. The molecule has 1 aliphatic rings. The summed E-state index contributed by atoms with van der Waals surface area (Å²) >= 11 is 0. The predicted molar refractivity (Wildman–Crippen MR) is 129 cm³/mol. The Morgan fingerprint density at radius 2 is 1.82 bits per heavy atom. The van der Waals surface area contributed by atoms with Gasteiger partial charge in [0.2, 0.25) is 5.91 Å². The third kappa shape index (κ3) is 5.64. The number of carbonyl (C=O) groups excluding carboxylic acids is 2. The SMILES string of the molecule is CC(=O)NC(=O)c1cnc(N2CCNCC2)c(Nc2cccnc2)c1NCc1ccccc1. The number of carbonyl (C=O) groups is 2. The Kier molecular flexibility index (Phi) is 7.11. The molecule has 9 heteroatoms. The fraction of sp³-hybridized carbons (Fsp3) is 0.250.